The Labute approximate surface area is 177 Å². The van der Waals surface area contributed by atoms with Crippen molar-refractivity contribution in [3.05, 3.63) is 52.6 Å². The Balaban J connectivity index is 0.00000364. The van der Waals surface area contributed by atoms with Crippen LogP contribution in [0.1, 0.15) is 53.7 Å². The topological polar surface area (TPSA) is 35.5 Å². The van der Waals surface area contributed by atoms with Crippen LogP contribution in [-0.2, 0) is 0 Å². The van der Waals surface area contributed by atoms with Crippen molar-refractivity contribution in [3.8, 4) is 11.5 Å². The van der Waals surface area contributed by atoms with Gasteiger partial charge in [0.25, 0.3) is 0 Å². The molecular formula is C22H29LiO3P+. The minimum atomic E-state index is 0. The van der Waals surface area contributed by atoms with Gasteiger partial charge in [-0.25, -0.2) is 0 Å². The van der Waals surface area contributed by atoms with Crippen molar-refractivity contribution in [2.24, 2.45) is 0 Å². The number of hydrogen-bond acceptors (Lipinski definition) is 3. The Morgan fingerprint density at radius 1 is 0.926 bits per heavy atom. The zero-order chi connectivity index (χ0) is 19.1. The first kappa shape index (κ1) is 23.8. The molecule has 3 nitrogen and oxygen atoms in total. The van der Waals surface area contributed by atoms with Crippen LogP contribution in [0.2, 0.25) is 0 Å². The summed E-state index contributed by atoms with van der Waals surface area (Å²) in [5.41, 5.74) is 4.26. The molecule has 1 unspecified atom stereocenters. The van der Waals surface area contributed by atoms with Gasteiger partial charge in [-0.05, 0) is 65.5 Å². The van der Waals surface area contributed by atoms with Gasteiger partial charge in [0, 0.05) is 16.9 Å². The summed E-state index contributed by atoms with van der Waals surface area (Å²) in [4.78, 5) is 13.0. The summed E-state index contributed by atoms with van der Waals surface area (Å²) in [5, 5.41) is 0.937. The third-order valence-corrected chi connectivity index (χ3v) is 5.20. The summed E-state index contributed by atoms with van der Waals surface area (Å²) < 4.78 is 11.6. The Hall–Kier alpha value is -1.26. The summed E-state index contributed by atoms with van der Waals surface area (Å²) in [6.45, 7) is 11.5. The van der Waals surface area contributed by atoms with Gasteiger partial charge in [-0.3, -0.25) is 4.79 Å². The van der Waals surface area contributed by atoms with E-state index in [0.717, 1.165) is 46.3 Å². The van der Waals surface area contributed by atoms with Crippen LogP contribution in [0.15, 0.2) is 30.3 Å². The monoisotopic (exact) mass is 379 g/mol. The smallest absolute Gasteiger partial charge is 0.493 e. The largest absolute Gasteiger partial charge is 1.00 e. The summed E-state index contributed by atoms with van der Waals surface area (Å²) >= 11 is 0. The molecule has 0 spiro atoms. The Morgan fingerprint density at radius 2 is 1.52 bits per heavy atom. The Bertz CT molecular complexity index is 751. The van der Waals surface area contributed by atoms with Gasteiger partial charge in [0.05, 0.1) is 13.2 Å². The second kappa shape index (κ2) is 11.6. The molecule has 0 amide bonds. The molecule has 0 fully saturated rings. The molecule has 27 heavy (non-hydrogen) atoms. The van der Waals surface area contributed by atoms with E-state index in [1.807, 2.05) is 32.0 Å². The van der Waals surface area contributed by atoms with E-state index < -0.39 is 0 Å². The van der Waals surface area contributed by atoms with E-state index in [1.54, 1.807) is 0 Å². The van der Waals surface area contributed by atoms with Gasteiger partial charge in [-0.15, -0.1) is 0 Å². The van der Waals surface area contributed by atoms with Gasteiger partial charge in [-0.1, -0.05) is 31.5 Å². The second-order valence-corrected chi connectivity index (χ2v) is 7.83. The maximum atomic E-state index is 13.0. The van der Waals surface area contributed by atoms with E-state index in [0.29, 0.717) is 13.2 Å². The Kier molecular flexibility index (Phi) is 10.2. The average molecular weight is 379 g/mol. The van der Waals surface area contributed by atoms with Gasteiger partial charge in [0.2, 0.25) is 0 Å². The minimum Gasteiger partial charge on any atom is -0.493 e. The summed E-state index contributed by atoms with van der Waals surface area (Å²) in [6, 6.07) is 9.95. The van der Waals surface area contributed by atoms with Crippen molar-refractivity contribution in [1.29, 1.82) is 0 Å². The summed E-state index contributed by atoms with van der Waals surface area (Å²) in [5.74, 6) is 1.55. The zero-order valence-electron chi connectivity index (χ0n) is 17.4. The molecule has 140 valence electrons. The van der Waals surface area contributed by atoms with Crippen LogP contribution < -0.4 is 33.6 Å². The molecule has 1 atom stereocenters. The quantitative estimate of drug-likeness (QED) is 0.496. The molecular weight excluding hydrogens is 350 g/mol. The average Bonchev–Trinajstić information content (AvgIpc) is 2.58. The van der Waals surface area contributed by atoms with Gasteiger partial charge >= 0.3 is 18.9 Å². The maximum absolute atomic E-state index is 13.0. The Morgan fingerprint density at radius 3 is 2.11 bits per heavy atom. The number of hydrogen-bond donors (Lipinski definition) is 0. The molecule has 0 heterocycles. The minimum absolute atomic E-state index is 0. The first-order valence-corrected chi connectivity index (χ1v) is 10.2. The molecule has 0 saturated carbocycles. The third-order valence-electron chi connectivity index (χ3n) is 4.04. The normalized spacial score (nSPS) is 10.7. The van der Waals surface area contributed by atoms with E-state index in [1.165, 1.54) is 5.56 Å². The zero-order valence-corrected chi connectivity index (χ0v) is 18.4. The molecule has 0 N–H and O–H groups in total. The fourth-order valence-electron chi connectivity index (χ4n) is 2.97. The number of carbonyl (C=O) groups is 1. The molecule has 0 aliphatic carbocycles. The van der Waals surface area contributed by atoms with Crippen LogP contribution in [0.5, 0.6) is 11.5 Å². The van der Waals surface area contributed by atoms with E-state index >= 15 is 0 Å². The maximum Gasteiger partial charge on any atom is 1.00 e. The molecule has 0 aliphatic heterocycles. The molecule has 0 bridgehead atoms. The van der Waals surface area contributed by atoms with Crippen LogP contribution in [0.25, 0.3) is 0 Å². The molecule has 0 aliphatic rings. The van der Waals surface area contributed by atoms with Gasteiger partial charge < -0.3 is 9.47 Å². The molecule has 5 heteroatoms. The van der Waals surface area contributed by atoms with Crippen LogP contribution in [0, 0.1) is 20.8 Å². The predicted molar refractivity (Wildman–Crippen MR) is 111 cm³/mol. The molecule has 0 aromatic heterocycles. The van der Waals surface area contributed by atoms with E-state index in [2.05, 4.69) is 32.9 Å². The van der Waals surface area contributed by atoms with Crippen molar-refractivity contribution >= 4 is 19.4 Å². The summed E-state index contributed by atoms with van der Waals surface area (Å²) in [6.07, 6.45) is 1.88. The van der Waals surface area contributed by atoms with E-state index in [9.17, 15) is 4.79 Å². The number of aryl methyl sites for hydroxylation is 3. The van der Waals surface area contributed by atoms with Gasteiger partial charge in [0.15, 0.2) is 5.52 Å². The van der Waals surface area contributed by atoms with E-state index in [4.69, 9.17) is 9.47 Å². The predicted octanol–water partition coefficient (Wildman–Crippen LogP) is 2.34. The van der Waals surface area contributed by atoms with Crippen LogP contribution in [-0.4, -0.2) is 18.7 Å². The van der Waals surface area contributed by atoms with E-state index in [-0.39, 0.29) is 33.0 Å². The first-order chi connectivity index (χ1) is 12.5. The first-order valence-electron chi connectivity index (χ1n) is 9.25. The van der Waals surface area contributed by atoms with Crippen molar-refractivity contribution in [2.75, 3.05) is 13.2 Å². The molecule has 0 radical (unpaired) electrons. The molecule has 2 aromatic carbocycles. The van der Waals surface area contributed by atoms with Crippen molar-refractivity contribution < 1.29 is 33.1 Å². The van der Waals surface area contributed by atoms with Crippen molar-refractivity contribution in [2.45, 2.75) is 47.5 Å². The number of rotatable bonds is 9. The van der Waals surface area contributed by atoms with Gasteiger partial charge in [-0.2, -0.15) is 0 Å². The molecule has 2 aromatic rings. The standard InChI is InChI=1S/C22H29O3P.Li/c1-6-10-24-18-8-9-20(19(14-18)25-11-7-2)26-22(23)21-16(4)12-15(3)13-17(21)5;/h8-9,12-14,26H,6-7,10-11H2,1-5H3;/q;+1. The number of ether oxygens (including phenoxy) is 2. The third kappa shape index (κ3) is 6.69. The van der Waals surface area contributed by atoms with Crippen molar-refractivity contribution in [1.82, 2.24) is 0 Å². The van der Waals surface area contributed by atoms with Crippen LogP contribution >= 0.6 is 8.58 Å². The molecule has 0 saturated heterocycles. The second-order valence-electron chi connectivity index (χ2n) is 6.58. The fourth-order valence-corrected chi connectivity index (χ4v) is 4.17. The fraction of sp³-hybridized carbons (Fsp3) is 0.409. The van der Waals surface area contributed by atoms with Crippen LogP contribution in [0.3, 0.4) is 0 Å². The summed E-state index contributed by atoms with van der Waals surface area (Å²) in [7, 11) is 0.0346. The number of carbonyl (C=O) groups excluding carboxylic acids is 1. The SMILES string of the molecule is CCCOc1ccc(PC(=O)c2c(C)cc(C)cc2C)c(OCCC)c1.[Li+]. The van der Waals surface area contributed by atoms with Crippen molar-refractivity contribution in [3.63, 3.8) is 0 Å². The van der Waals surface area contributed by atoms with Gasteiger partial charge in [0.1, 0.15) is 11.5 Å². The molecule has 2 rings (SSSR count). The van der Waals surface area contributed by atoms with Crippen LogP contribution in [0.4, 0.5) is 0 Å². The number of benzene rings is 2.